The van der Waals surface area contributed by atoms with Gasteiger partial charge in [0, 0.05) is 19.4 Å². The second-order valence-electron chi connectivity index (χ2n) is 18.4. The van der Waals surface area contributed by atoms with E-state index >= 15 is 0 Å². The third-order valence-electron chi connectivity index (χ3n) is 11.5. The minimum absolute atomic E-state index is 0.0428. The average molecular weight is 992 g/mol. The van der Waals surface area contributed by atoms with Gasteiger partial charge >= 0.3 is 11.9 Å². The molecular formula is C67H106O5. The molecule has 0 bridgehead atoms. The van der Waals surface area contributed by atoms with Crippen LogP contribution in [0.1, 0.15) is 226 Å². The molecule has 72 heavy (non-hydrogen) atoms. The lowest BCUT2D eigenvalue weighted by molar-refractivity contribution is -0.163. The number of esters is 2. The van der Waals surface area contributed by atoms with Crippen LogP contribution in [0, 0.1) is 0 Å². The molecule has 5 nitrogen and oxygen atoms in total. The first kappa shape index (κ1) is 67.5. The molecule has 1 atom stereocenters. The molecule has 404 valence electrons. The first-order valence-corrected chi connectivity index (χ1v) is 29.0. The van der Waals surface area contributed by atoms with Gasteiger partial charge in [0.25, 0.3) is 0 Å². The molecule has 0 aliphatic heterocycles. The van der Waals surface area contributed by atoms with Crippen LogP contribution in [0.3, 0.4) is 0 Å². The van der Waals surface area contributed by atoms with Crippen LogP contribution in [0.5, 0.6) is 0 Å². The highest BCUT2D eigenvalue weighted by atomic mass is 16.6. The summed E-state index contributed by atoms with van der Waals surface area (Å²) >= 11 is 0. The maximum atomic E-state index is 12.9. The van der Waals surface area contributed by atoms with Gasteiger partial charge in [0.05, 0.1) is 6.61 Å². The van der Waals surface area contributed by atoms with Crippen LogP contribution < -0.4 is 0 Å². The number of hydrogen-bond acceptors (Lipinski definition) is 5. The van der Waals surface area contributed by atoms with Crippen molar-refractivity contribution in [1.82, 2.24) is 0 Å². The molecule has 0 rings (SSSR count). The number of unbranched alkanes of at least 4 members (excludes halogenated alkanes) is 14. The van der Waals surface area contributed by atoms with Gasteiger partial charge in [-0.05, 0) is 141 Å². The molecule has 0 aromatic heterocycles. The SMILES string of the molecule is CC/C=C\C/C=C\C/C=C\C/C=C\C/C=C\CCCCCC(=O)OCC(COCCCCCCC/C=C\C/C=C\C/C=C\C/C=C\CC)OC(=O)CCCCCCCC/C=C\C/C=C\C/C=C\C/C=C\CC. The molecule has 0 spiro atoms. The Kier molecular flexibility index (Phi) is 57.0. The van der Waals surface area contributed by atoms with E-state index in [0.29, 0.717) is 19.4 Å². The second-order valence-corrected chi connectivity index (χ2v) is 18.4. The molecule has 0 aliphatic carbocycles. The summed E-state index contributed by atoms with van der Waals surface area (Å²) in [6.45, 7) is 7.38. The number of hydrogen-bond donors (Lipinski definition) is 0. The standard InChI is InChI=1S/C67H106O5/c1-4-7-10-13-16-19-22-25-28-31-34-36-39-42-45-48-51-54-57-60-66(68)71-64-65(63-70-62-59-56-53-50-47-44-41-38-33-30-27-24-21-18-15-12-9-6-3)72-67(69)61-58-55-52-49-46-43-40-37-35-32-29-26-23-20-17-14-11-8-5-2/h7-12,16-21,25-30,34-38,41-42,45,65H,4-6,13-15,22-24,31-33,39-40,43-44,46-64H2,1-3H3/b10-7-,11-8-,12-9-,19-16-,20-17-,21-18-,28-25-,29-26-,30-27-,36-34-,37-35-,41-38-,45-42-. The molecule has 0 saturated heterocycles. The first-order chi connectivity index (χ1) is 35.6. The Morgan fingerprint density at radius 2 is 0.583 bits per heavy atom. The summed E-state index contributed by atoms with van der Waals surface area (Å²) in [5.41, 5.74) is 0. The highest BCUT2D eigenvalue weighted by Crippen LogP contribution is 2.13. The van der Waals surface area contributed by atoms with Gasteiger partial charge in [-0.3, -0.25) is 9.59 Å². The normalized spacial score (nSPS) is 13.4. The molecule has 0 aromatic carbocycles. The average Bonchev–Trinajstić information content (AvgIpc) is 3.38. The van der Waals surface area contributed by atoms with Gasteiger partial charge < -0.3 is 14.2 Å². The van der Waals surface area contributed by atoms with E-state index in [-0.39, 0.29) is 25.2 Å². The van der Waals surface area contributed by atoms with E-state index in [9.17, 15) is 9.59 Å². The maximum Gasteiger partial charge on any atom is 0.306 e. The zero-order chi connectivity index (χ0) is 52.0. The lowest BCUT2D eigenvalue weighted by Crippen LogP contribution is -2.30. The van der Waals surface area contributed by atoms with Crippen LogP contribution in [0.4, 0.5) is 0 Å². The van der Waals surface area contributed by atoms with Gasteiger partial charge in [-0.25, -0.2) is 0 Å². The molecule has 0 aliphatic rings. The van der Waals surface area contributed by atoms with Crippen LogP contribution in [0.15, 0.2) is 158 Å². The molecule has 5 heteroatoms. The lowest BCUT2D eigenvalue weighted by atomic mass is 10.1. The topological polar surface area (TPSA) is 61.8 Å². The number of ether oxygens (including phenoxy) is 3. The molecule has 1 unspecified atom stereocenters. The Morgan fingerprint density at radius 1 is 0.306 bits per heavy atom. The van der Waals surface area contributed by atoms with E-state index in [2.05, 4.69) is 179 Å². The molecule has 0 radical (unpaired) electrons. The van der Waals surface area contributed by atoms with Crippen LogP contribution in [-0.2, 0) is 23.8 Å². The third-order valence-corrected chi connectivity index (χ3v) is 11.5. The second kappa shape index (κ2) is 60.8. The summed E-state index contributed by atoms with van der Waals surface area (Å²) in [4.78, 5) is 25.6. The van der Waals surface area contributed by atoms with Crippen molar-refractivity contribution in [2.75, 3.05) is 19.8 Å². The van der Waals surface area contributed by atoms with Crippen LogP contribution >= 0.6 is 0 Å². The van der Waals surface area contributed by atoms with Crippen LogP contribution in [0.2, 0.25) is 0 Å². The number of carbonyl (C=O) groups excluding carboxylic acids is 2. The van der Waals surface area contributed by atoms with Crippen molar-refractivity contribution < 1.29 is 23.8 Å². The summed E-state index contributed by atoms with van der Waals surface area (Å²) in [6.07, 6.45) is 89.8. The fraction of sp³-hybridized carbons (Fsp3) is 0.582. The Hall–Kier alpha value is -4.48. The summed E-state index contributed by atoms with van der Waals surface area (Å²) in [7, 11) is 0. The van der Waals surface area contributed by atoms with Crippen LogP contribution in [-0.4, -0.2) is 37.9 Å². The maximum absolute atomic E-state index is 12.9. The lowest BCUT2D eigenvalue weighted by Gasteiger charge is -2.18. The Balaban J connectivity index is 4.46. The van der Waals surface area contributed by atoms with Gasteiger partial charge in [-0.1, -0.05) is 230 Å². The molecule has 0 saturated carbocycles. The Morgan fingerprint density at radius 3 is 0.944 bits per heavy atom. The Bertz CT molecular complexity index is 1590. The van der Waals surface area contributed by atoms with Crippen molar-refractivity contribution >= 4 is 11.9 Å². The predicted molar refractivity (Wildman–Crippen MR) is 315 cm³/mol. The van der Waals surface area contributed by atoms with Gasteiger partial charge in [0.1, 0.15) is 6.61 Å². The van der Waals surface area contributed by atoms with Crippen molar-refractivity contribution in [3.05, 3.63) is 158 Å². The quantitative estimate of drug-likeness (QED) is 0.0345. The Labute approximate surface area is 444 Å². The van der Waals surface area contributed by atoms with Crippen molar-refractivity contribution in [2.24, 2.45) is 0 Å². The van der Waals surface area contributed by atoms with E-state index in [1.165, 1.54) is 38.5 Å². The van der Waals surface area contributed by atoms with Gasteiger partial charge in [0.2, 0.25) is 0 Å². The van der Waals surface area contributed by atoms with Crippen molar-refractivity contribution in [3.8, 4) is 0 Å². The summed E-state index contributed by atoms with van der Waals surface area (Å²) in [6, 6.07) is 0. The molecule has 0 N–H and O–H groups in total. The third kappa shape index (κ3) is 58.1. The fourth-order valence-corrected chi connectivity index (χ4v) is 7.34. The number of rotatable bonds is 51. The highest BCUT2D eigenvalue weighted by molar-refractivity contribution is 5.70. The largest absolute Gasteiger partial charge is 0.462 e. The van der Waals surface area contributed by atoms with Crippen molar-refractivity contribution in [1.29, 1.82) is 0 Å². The van der Waals surface area contributed by atoms with Gasteiger partial charge in [0.15, 0.2) is 6.10 Å². The van der Waals surface area contributed by atoms with Gasteiger partial charge in [-0.15, -0.1) is 0 Å². The monoisotopic (exact) mass is 991 g/mol. The first-order valence-electron chi connectivity index (χ1n) is 29.0. The van der Waals surface area contributed by atoms with Gasteiger partial charge in [-0.2, -0.15) is 0 Å². The summed E-state index contributed by atoms with van der Waals surface area (Å²) in [5.74, 6) is -0.472. The van der Waals surface area contributed by atoms with E-state index in [1.54, 1.807) is 0 Å². The minimum Gasteiger partial charge on any atom is -0.462 e. The molecule has 0 heterocycles. The summed E-state index contributed by atoms with van der Waals surface area (Å²) in [5, 5.41) is 0. The molecular weight excluding hydrogens is 885 g/mol. The molecule has 0 amide bonds. The highest BCUT2D eigenvalue weighted by Gasteiger charge is 2.17. The zero-order valence-corrected chi connectivity index (χ0v) is 46.4. The molecule has 0 aromatic rings. The molecule has 0 fully saturated rings. The predicted octanol–water partition coefficient (Wildman–Crippen LogP) is 20.2. The van der Waals surface area contributed by atoms with E-state index in [1.807, 2.05) is 0 Å². The number of carbonyl (C=O) groups is 2. The van der Waals surface area contributed by atoms with E-state index in [4.69, 9.17) is 14.2 Å². The van der Waals surface area contributed by atoms with Crippen molar-refractivity contribution in [3.63, 3.8) is 0 Å². The zero-order valence-electron chi connectivity index (χ0n) is 46.4. The number of allylic oxidation sites excluding steroid dienone is 26. The van der Waals surface area contributed by atoms with E-state index < -0.39 is 6.10 Å². The van der Waals surface area contributed by atoms with Crippen molar-refractivity contribution in [2.45, 2.75) is 232 Å². The fourth-order valence-electron chi connectivity index (χ4n) is 7.34. The summed E-state index contributed by atoms with van der Waals surface area (Å²) < 4.78 is 17.4. The minimum atomic E-state index is -0.582. The van der Waals surface area contributed by atoms with E-state index in [0.717, 1.165) is 154 Å². The smallest absolute Gasteiger partial charge is 0.306 e. The van der Waals surface area contributed by atoms with Crippen LogP contribution in [0.25, 0.3) is 0 Å².